The first-order valence-corrected chi connectivity index (χ1v) is 3.76. The van der Waals surface area contributed by atoms with Crippen LogP contribution in [0.15, 0.2) is 18.2 Å². The molecule has 1 aromatic rings. The van der Waals surface area contributed by atoms with E-state index >= 15 is 0 Å². The van der Waals surface area contributed by atoms with Crippen LogP contribution in [0, 0.1) is 5.82 Å². The topological polar surface area (TPSA) is 43.1 Å². The first kappa shape index (κ1) is 10.2. The van der Waals surface area contributed by atoms with Gasteiger partial charge in [-0.1, -0.05) is 0 Å². The van der Waals surface area contributed by atoms with Crippen LogP contribution in [0.3, 0.4) is 0 Å². The zero-order valence-electron chi connectivity index (χ0n) is 6.79. The van der Waals surface area contributed by atoms with E-state index in [0.29, 0.717) is 17.5 Å². The molecule has 4 heteroatoms. The average Bonchev–Trinajstić information content (AvgIpc) is 2.28. The minimum atomic E-state index is -0.334. The molecule has 1 atom stereocenters. The van der Waals surface area contributed by atoms with E-state index in [-0.39, 0.29) is 30.0 Å². The highest BCUT2D eigenvalue weighted by atomic mass is 35.5. The van der Waals surface area contributed by atoms with Gasteiger partial charge in [-0.3, -0.25) is 4.79 Å². The lowest BCUT2D eigenvalue weighted by Gasteiger charge is -2.01. The highest BCUT2D eigenvalue weighted by molar-refractivity contribution is 6.01. The third-order valence-corrected chi connectivity index (χ3v) is 2.12. The van der Waals surface area contributed by atoms with Crippen LogP contribution in [0.25, 0.3) is 0 Å². The predicted molar refractivity (Wildman–Crippen MR) is 49.5 cm³/mol. The molecule has 1 aromatic carbocycles. The minimum Gasteiger partial charge on any atom is -0.324 e. The van der Waals surface area contributed by atoms with Crippen molar-refractivity contribution in [2.24, 2.45) is 5.73 Å². The number of benzene rings is 1. The van der Waals surface area contributed by atoms with E-state index in [1.54, 1.807) is 0 Å². The van der Waals surface area contributed by atoms with Gasteiger partial charge >= 0.3 is 0 Å². The van der Waals surface area contributed by atoms with Gasteiger partial charge in [0, 0.05) is 18.0 Å². The van der Waals surface area contributed by atoms with Gasteiger partial charge in [-0.2, -0.15) is 0 Å². The zero-order chi connectivity index (χ0) is 8.72. The number of Topliss-reactive ketones (excluding diaryl/α,β-unsaturated/α-hetero) is 1. The van der Waals surface area contributed by atoms with E-state index < -0.39 is 0 Å². The SMILES string of the molecule is Cl.NC1CC(=O)c2ccc(F)cc21. The maximum Gasteiger partial charge on any atom is 0.165 e. The number of carbonyl (C=O) groups excluding carboxylic acids is 1. The monoisotopic (exact) mass is 201 g/mol. The first-order chi connectivity index (χ1) is 5.68. The molecular formula is C9H9ClFNO. The normalized spacial score (nSPS) is 19.5. The Labute approximate surface area is 81.3 Å². The van der Waals surface area contributed by atoms with Gasteiger partial charge in [-0.05, 0) is 23.8 Å². The Morgan fingerprint density at radius 1 is 1.46 bits per heavy atom. The van der Waals surface area contributed by atoms with Crippen molar-refractivity contribution in [3.05, 3.63) is 35.1 Å². The molecule has 0 saturated carbocycles. The summed E-state index contributed by atoms with van der Waals surface area (Å²) < 4.78 is 12.7. The van der Waals surface area contributed by atoms with Crippen LogP contribution in [0.2, 0.25) is 0 Å². The zero-order valence-corrected chi connectivity index (χ0v) is 7.60. The molecule has 13 heavy (non-hydrogen) atoms. The molecule has 0 aromatic heterocycles. The fourth-order valence-electron chi connectivity index (χ4n) is 1.51. The molecule has 0 spiro atoms. The van der Waals surface area contributed by atoms with E-state index in [9.17, 15) is 9.18 Å². The summed E-state index contributed by atoms with van der Waals surface area (Å²) in [5.74, 6) is -0.323. The third-order valence-electron chi connectivity index (χ3n) is 2.12. The second kappa shape index (κ2) is 3.44. The molecule has 0 amide bonds. The molecule has 0 aliphatic heterocycles. The predicted octanol–water partition coefficient (Wildman–Crippen LogP) is 1.83. The molecule has 0 saturated heterocycles. The number of carbonyl (C=O) groups is 1. The van der Waals surface area contributed by atoms with Crippen molar-refractivity contribution in [1.29, 1.82) is 0 Å². The fraction of sp³-hybridized carbons (Fsp3) is 0.222. The van der Waals surface area contributed by atoms with Crippen molar-refractivity contribution < 1.29 is 9.18 Å². The van der Waals surface area contributed by atoms with Crippen LogP contribution in [-0.2, 0) is 0 Å². The van der Waals surface area contributed by atoms with Crippen LogP contribution in [0.1, 0.15) is 28.4 Å². The van der Waals surface area contributed by atoms with Crippen molar-refractivity contribution in [2.45, 2.75) is 12.5 Å². The largest absolute Gasteiger partial charge is 0.324 e. The molecule has 2 nitrogen and oxygen atoms in total. The molecule has 1 aliphatic carbocycles. The minimum absolute atomic E-state index is 0. The number of nitrogens with two attached hydrogens (primary N) is 1. The second-order valence-corrected chi connectivity index (χ2v) is 2.97. The number of fused-ring (bicyclic) bond motifs is 1. The Hall–Kier alpha value is -0.930. The van der Waals surface area contributed by atoms with Gasteiger partial charge in [0.1, 0.15) is 5.82 Å². The van der Waals surface area contributed by atoms with Gasteiger partial charge in [0.25, 0.3) is 0 Å². The number of hydrogen-bond donors (Lipinski definition) is 1. The van der Waals surface area contributed by atoms with Crippen LogP contribution in [0.4, 0.5) is 4.39 Å². The van der Waals surface area contributed by atoms with Crippen molar-refractivity contribution in [1.82, 2.24) is 0 Å². The highest BCUT2D eigenvalue weighted by Crippen LogP contribution is 2.29. The molecule has 1 aliphatic rings. The van der Waals surface area contributed by atoms with Crippen molar-refractivity contribution in [3.8, 4) is 0 Å². The number of halogens is 2. The molecule has 2 rings (SSSR count). The van der Waals surface area contributed by atoms with E-state index in [4.69, 9.17) is 5.73 Å². The summed E-state index contributed by atoms with van der Waals surface area (Å²) in [6.45, 7) is 0. The summed E-state index contributed by atoms with van der Waals surface area (Å²) in [6.07, 6.45) is 0.304. The van der Waals surface area contributed by atoms with Gasteiger partial charge in [-0.25, -0.2) is 4.39 Å². The number of rotatable bonds is 0. The Balaban J connectivity index is 0.000000845. The van der Waals surface area contributed by atoms with E-state index in [2.05, 4.69) is 0 Å². The Morgan fingerprint density at radius 2 is 2.15 bits per heavy atom. The molecule has 1 unspecified atom stereocenters. The summed E-state index contributed by atoms with van der Waals surface area (Å²) in [5, 5.41) is 0. The maximum atomic E-state index is 12.7. The molecular weight excluding hydrogens is 193 g/mol. The van der Waals surface area contributed by atoms with Gasteiger partial charge in [0.05, 0.1) is 0 Å². The van der Waals surface area contributed by atoms with Crippen LogP contribution in [-0.4, -0.2) is 5.78 Å². The van der Waals surface area contributed by atoms with Crippen molar-refractivity contribution in [2.75, 3.05) is 0 Å². The van der Waals surface area contributed by atoms with Gasteiger partial charge in [0.2, 0.25) is 0 Å². The summed E-state index contributed by atoms with van der Waals surface area (Å²) in [7, 11) is 0. The van der Waals surface area contributed by atoms with Crippen LogP contribution < -0.4 is 5.73 Å². The molecule has 0 radical (unpaired) electrons. The lowest BCUT2D eigenvalue weighted by Crippen LogP contribution is -2.05. The van der Waals surface area contributed by atoms with E-state index in [1.165, 1.54) is 18.2 Å². The van der Waals surface area contributed by atoms with Gasteiger partial charge in [0.15, 0.2) is 5.78 Å². The lowest BCUT2D eigenvalue weighted by molar-refractivity contribution is 0.0989. The smallest absolute Gasteiger partial charge is 0.165 e. The lowest BCUT2D eigenvalue weighted by atomic mass is 10.1. The molecule has 0 fully saturated rings. The Morgan fingerprint density at radius 3 is 2.85 bits per heavy atom. The summed E-state index contributed by atoms with van der Waals surface area (Å²) in [4.78, 5) is 11.2. The van der Waals surface area contributed by atoms with Gasteiger partial charge in [-0.15, -0.1) is 12.4 Å². The van der Waals surface area contributed by atoms with Crippen LogP contribution >= 0.6 is 12.4 Å². The standard InChI is InChI=1S/C9H8FNO.ClH/c10-5-1-2-6-7(3-5)8(11)4-9(6)12;/h1-3,8H,4,11H2;1H. The fourth-order valence-corrected chi connectivity index (χ4v) is 1.51. The first-order valence-electron chi connectivity index (χ1n) is 3.76. The quantitative estimate of drug-likeness (QED) is 0.696. The Bertz CT molecular complexity index is 353. The van der Waals surface area contributed by atoms with Gasteiger partial charge < -0.3 is 5.73 Å². The number of hydrogen-bond acceptors (Lipinski definition) is 2. The molecule has 2 N–H and O–H groups in total. The van der Waals surface area contributed by atoms with Crippen molar-refractivity contribution in [3.63, 3.8) is 0 Å². The second-order valence-electron chi connectivity index (χ2n) is 2.97. The summed E-state index contributed by atoms with van der Waals surface area (Å²) >= 11 is 0. The number of ketones is 1. The molecule has 0 bridgehead atoms. The highest BCUT2D eigenvalue weighted by Gasteiger charge is 2.26. The molecule has 0 heterocycles. The third kappa shape index (κ3) is 1.57. The summed E-state index contributed by atoms with van der Waals surface area (Å²) in [5.41, 5.74) is 6.83. The van der Waals surface area contributed by atoms with Crippen molar-refractivity contribution >= 4 is 18.2 Å². The maximum absolute atomic E-state index is 12.7. The Kier molecular flexibility index (Phi) is 2.68. The summed E-state index contributed by atoms with van der Waals surface area (Å²) in [6, 6.07) is 3.81. The average molecular weight is 202 g/mol. The van der Waals surface area contributed by atoms with Crippen LogP contribution in [0.5, 0.6) is 0 Å². The molecule has 70 valence electrons. The van der Waals surface area contributed by atoms with E-state index in [0.717, 1.165) is 0 Å². The van der Waals surface area contributed by atoms with E-state index in [1.807, 2.05) is 0 Å².